The Bertz CT molecular complexity index is 868. The first kappa shape index (κ1) is 16.6. The number of nitrogens with zero attached hydrogens (tertiary/aromatic N) is 2. The van der Waals surface area contributed by atoms with Gasteiger partial charge in [-0.25, -0.2) is 9.37 Å². The smallest absolute Gasteiger partial charge is 0.263 e. The summed E-state index contributed by atoms with van der Waals surface area (Å²) in [5.74, 6) is -0.302. The molecule has 0 saturated carbocycles. The third kappa shape index (κ3) is 3.48. The number of rotatable bonds is 6. The number of aryl methyl sites for hydroxylation is 2. The van der Waals surface area contributed by atoms with Gasteiger partial charge in [-0.15, -0.1) is 11.3 Å². The molecule has 2 heterocycles. The van der Waals surface area contributed by atoms with Crippen LogP contribution in [-0.2, 0) is 13.0 Å². The third-order valence-electron chi connectivity index (χ3n) is 3.87. The summed E-state index contributed by atoms with van der Waals surface area (Å²) in [6.07, 6.45) is 3.70. The van der Waals surface area contributed by atoms with Gasteiger partial charge in [0.2, 0.25) is 0 Å². The number of halogens is 1. The highest BCUT2D eigenvalue weighted by Gasteiger charge is 2.15. The average Bonchev–Trinajstić information content (AvgIpc) is 3.11. The summed E-state index contributed by atoms with van der Waals surface area (Å²) in [4.78, 5) is 17.6. The number of amides is 1. The van der Waals surface area contributed by atoms with Crippen molar-refractivity contribution >= 4 is 28.1 Å². The van der Waals surface area contributed by atoms with Crippen LogP contribution in [0.5, 0.6) is 0 Å². The van der Waals surface area contributed by atoms with E-state index in [1.165, 1.54) is 23.5 Å². The van der Waals surface area contributed by atoms with Crippen molar-refractivity contribution in [3.63, 3.8) is 0 Å². The standard InChI is InChI=1S/C18H20FN3OS/c1-3-4-15-17(24-12(2)21-15)18(23)20-8-10-22-9-7-13-11-14(19)5-6-16(13)22/h5-7,9,11H,3-4,8,10H2,1-2H3,(H,20,23). The molecule has 0 spiro atoms. The molecule has 0 radical (unpaired) electrons. The van der Waals surface area contributed by atoms with Gasteiger partial charge in [-0.2, -0.15) is 0 Å². The van der Waals surface area contributed by atoms with Crippen LogP contribution in [0.1, 0.15) is 33.7 Å². The molecule has 126 valence electrons. The van der Waals surface area contributed by atoms with Gasteiger partial charge in [-0.05, 0) is 37.6 Å². The highest BCUT2D eigenvalue weighted by molar-refractivity contribution is 7.13. The lowest BCUT2D eigenvalue weighted by molar-refractivity contribution is 0.0955. The summed E-state index contributed by atoms with van der Waals surface area (Å²) < 4.78 is 15.2. The van der Waals surface area contributed by atoms with Crippen molar-refractivity contribution in [2.24, 2.45) is 0 Å². The van der Waals surface area contributed by atoms with Crippen molar-refractivity contribution in [3.8, 4) is 0 Å². The second kappa shape index (κ2) is 7.13. The quantitative estimate of drug-likeness (QED) is 0.736. The molecular formula is C18H20FN3OS. The summed E-state index contributed by atoms with van der Waals surface area (Å²) in [5, 5.41) is 4.75. The van der Waals surface area contributed by atoms with E-state index in [1.54, 1.807) is 6.07 Å². The van der Waals surface area contributed by atoms with E-state index < -0.39 is 0 Å². The van der Waals surface area contributed by atoms with Gasteiger partial charge in [0.1, 0.15) is 10.7 Å². The molecule has 1 aromatic carbocycles. The minimum absolute atomic E-state index is 0.0634. The molecule has 0 aliphatic rings. The number of carbonyl (C=O) groups excluding carboxylic acids is 1. The maximum Gasteiger partial charge on any atom is 0.263 e. The first-order valence-electron chi connectivity index (χ1n) is 8.07. The van der Waals surface area contributed by atoms with Crippen LogP contribution in [0.3, 0.4) is 0 Å². The molecule has 1 N–H and O–H groups in total. The van der Waals surface area contributed by atoms with Crippen LogP contribution in [0, 0.1) is 12.7 Å². The lowest BCUT2D eigenvalue weighted by Gasteiger charge is -2.07. The second-order valence-corrected chi connectivity index (χ2v) is 6.93. The van der Waals surface area contributed by atoms with Gasteiger partial charge < -0.3 is 9.88 Å². The molecule has 4 nitrogen and oxygen atoms in total. The van der Waals surface area contributed by atoms with Gasteiger partial charge in [-0.3, -0.25) is 4.79 Å². The fourth-order valence-corrected chi connectivity index (χ4v) is 3.67. The van der Waals surface area contributed by atoms with Gasteiger partial charge in [0.25, 0.3) is 5.91 Å². The third-order valence-corrected chi connectivity index (χ3v) is 4.88. The molecule has 24 heavy (non-hydrogen) atoms. The number of fused-ring (bicyclic) bond motifs is 1. The first-order valence-corrected chi connectivity index (χ1v) is 8.89. The number of thiazole rings is 1. The average molecular weight is 345 g/mol. The maximum absolute atomic E-state index is 13.2. The fourth-order valence-electron chi connectivity index (χ4n) is 2.79. The SMILES string of the molecule is CCCc1nc(C)sc1C(=O)NCCn1ccc2cc(F)ccc21. The van der Waals surface area contributed by atoms with E-state index >= 15 is 0 Å². The number of benzene rings is 1. The van der Waals surface area contributed by atoms with Crippen LogP contribution < -0.4 is 5.32 Å². The van der Waals surface area contributed by atoms with E-state index in [0.717, 1.165) is 34.4 Å². The fraction of sp³-hybridized carbons (Fsp3) is 0.333. The van der Waals surface area contributed by atoms with E-state index in [2.05, 4.69) is 17.2 Å². The van der Waals surface area contributed by atoms with Crippen LogP contribution in [0.25, 0.3) is 10.9 Å². The molecule has 0 atom stereocenters. The Kier molecular flexibility index (Phi) is 4.94. The van der Waals surface area contributed by atoms with Crippen molar-refractivity contribution in [2.75, 3.05) is 6.54 Å². The Morgan fingerprint density at radius 1 is 1.38 bits per heavy atom. The highest BCUT2D eigenvalue weighted by atomic mass is 32.1. The van der Waals surface area contributed by atoms with Crippen molar-refractivity contribution < 1.29 is 9.18 Å². The maximum atomic E-state index is 13.2. The zero-order chi connectivity index (χ0) is 17.1. The number of hydrogen-bond acceptors (Lipinski definition) is 3. The number of aromatic nitrogens is 2. The second-order valence-electron chi connectivity index (χ2n) is 5.73. The monoisotopic (exact) mass is 345 g/mol. The first-order chi connectivity index (χ1) is 11.6. The van der Waals surface area contributed by atoms with Crippen LogP contribution in [0.4, 0.5) is 4.39 Å². The van der Waals surface area contributed by atoms with E-state index in [-0.39, 0.29) is 11.7 Å². The largest absolute Gasteiger partial charge is 0.349 e. The molecule has 0 bridgehead atoms. The van der Waals surface area contributed by atoms with Crippen LogP contribution in [0.15, 0.2) is 30.5 Å². The summed E-state index contributed by atoms with van der Waals surface area (Å²) in [7, 11) is 0. The van der Waals surface area contributed by atoms with Gasteiger partial charge in [0.15, 0.2) is 0 Å². The molecule has 0 aliphatic carbocycles. The van der Waals surface area contributed by atoms with E-state index in [4.69, 9.17) is 0 Å². The van der Waals surface area contributed by atoms with Crippen molar-refractivity contribution in [2.45, 2.75) is 33.2 Å². The highest BCUT2D eigenvalue weighted by Crippen LogP contribution is 2.19. The summed E-state index contributed by atoms with van der Waals surface area (Å²) in [6, 6.07) is 6.61. The van der Waals surface area contributed by atoms with Crippen molar-refractivity contribution in [1.29, 1.82) is 0 Å². The Labute approximate surface area is 144 Å². The topological polar surface area (TPSA) is 46.9 Å². The van der Waals surface area contributed by atoms with Crippen LogP contribution in [-0.4, -0.2) is 22.0 Å². The summed E-state index contributed by atoms with van der Waals surface area (Å²) >= 11 is 1.44. The number of hydrogen-bond donors (Lipinski definition) is 1. The molecule has 3 rings (SSSR count). The molecule has 0 aliphatic heterocycles. The van der Waals surface area contributed by atoms with E-state index in [9.17, 15) is 9.18 Å². The minimum atomic E-state index is -0.238. The van der Waals surface area contributed by atoms with Gasteiger partial charge in [0, 0.05) is 30.2 Å². The van der Waals surface area contributed by atoms with Crippen molar-refractivity contribution in [1.82, 2.24) is 14.9 Å². The zero-order valence-corrected chi connectivity index (χ0v) is 14.6. The number of nitrogens with one attached hydrogen (secondary N) is 1. The van der Waals surface area contributed by atoms with Crippen LogP contribution >= 0.6 is 11.3 Å². The lowest BCUT2D eigenvalue weighted by Crippen LogP contribution is -2.27. The molecule has 1 amide bonds. The lowest BCUT2D eigenvalue weighted by atomic mass is 10.2. The normalized spacial score (nSPS) is 11.1. The Hall–Kier alpha value is -2.21. The molecule has 0 unspecified atom stereocenters. The molecule has 0 saturated heterocycles. The summed E-state index contributed by atoms with van der Waals surface area (Å²) in [5.41, 5.74) is 1.85. The zero-order valence-electron chi connectivity index (χ0n) is 13.8. The molecule has 3 aromatic rings. The van der Waals surface area contributed by atoms with Gasteiger partial charge in [0.05, 0.1) is 10.7 Å². The Morgan fingerprint density at radius 2 is 2.21 bits per heavy atom. The minimum Gasteiger partial charge on any atom is -0.349 e. The summed E-state index contributed by atoms with van der Waals surface area (Å²) in [6.45, 7) is 5.16. The molecule has 6 heteroatoms. The molecular weight excluding hydrogens is 325 g/mol. The van der Waals surface area contributed by atoms with E-state index in [0.29, 0.717) is 18.0 Å². The Balaban J connectivity index is 1.64. The molecule has 2 aromatic heterocycles. The van der Waals surface area contributed by atoms with Gasteiger partial charge >= 0.3 is 0 Å². The van der Waals surface area contributed by atoms with E-state index in [1.807, 2.05) is 23.8 Å². The molecule has 0 fully saturated rings. The predicted molar refractivity (Wildman–Crippen MR) is 95.1 cm³/mol. The van der Waals surface area contributed by atoms with Crippen molar-refractivity contribution in [3.05, 3.63) is 51.9 Å². The predicted octanol–water partition coefficient (Wildman–Crippen LogP) is 3.93. The number of carbonyl (C=O) groups is 1. The van der Waals surface area contributed by atoms with Gasteiger partial charge in [-0.1, -0.05) is 13.3 Å². The Morgan fingerprint density at radius 3 is 3.00 bits per heavy atom. The van der Waals surface area contributed by atoms with Crippen LogP contribution in [0.2, 0.25) is 0 Å².